The maximum Gasteiger partial charge on any atom is 0.416 e. The van der Waals surface area contributed by atoms with E-state index in [9.17, 15) is 23.2 Å². The molecule has 0 bridgehead atoms. The molecule has 12 heteroatoms. The molecule has 1 aliphatic heterocycles. The zero-order valence-corrected chi connectivity index (χ0v) is 18.2. The molecule has 2 aromatic carbocycles. The van der Waals surface area contributed by atoms with Crippen LogP contribution in [-0.2, 0) is 11.0 Å². The Kier molecular flexibility index (Phi) is 5.89. The van der Waals surface area contributed by atoms with Crippen LogP contribution in [-0.4, -0.2) is 27.2 Å². The number of hydrogen-bond acceptors (Lipinski definition) is 7. The van der Waals surface area contributed by atoms with Gasteiger partial charge in [0.05, 0.1) is 35.4 Å². The molecule has 0 saturated carbocycles. The molecule has 0 aliphatic carbocycles. The van der Waals surface area contributed by atoms with Gasteiger partial charge < -0.3 is 11.1 Å². The van der Waals surface area contributed by atoms with Crippen molar-refractivity contribution in [1.29, 1.82) is 10.5 Å². The van der Waals surface area contributed by atoms with Crippen molar-refractivity contribution in [3.05, 3.63) is 76.5 Å². The minimum absolute atomic E-state index is 0.00131. The number of rotatable bonds is 5. The third kappa shape index (κ3) is 4.37. The summed E-state index contributed by atoms with van der Waals surface area (Å²) in [6.07, 6.45) is -4.58. The molecule has 1 aliphatic rings. The third-order valence-electron chi connectivity index (χ3n) is 5.38. The van der Waals surface area contributed by atoms with Crippen LogP contribution in [0.1, 0.15) is 29.7 Å². The summed E-state index contributed by atoms with van der Waals surface area (Å²) in [6, 6.07) is 14.5. The number of carbonyl (C=O) groups is 1. The lowest BCUT2D eigenvalue weighted by atomic mass is 9.95. The number of alkyl halides is 3. The predicted octanol–water partition coefficient (Wildman–Crippen LogP) is 3.60. The van der Waals surface area contributed by atoms with Crippen molar-refractivity contribution in [2.24, 2.45) is 5.73 Å². The Hall–Kier alpha value is -4.84. The molecule has 1 atom stereocenters. The van der Waals surface area contributed by atoms with Crippen LogP contribution in [0.2, 0.25) is 0 Å². The van der Waals surface area contributed by atoms with E-state index < -0.39 is 23.7 Å². The number of hydrogen-bond donors (Lipinski definition) is 2. The zero-order chi connectivity index (χ0) is 25.3. The maximum absolute atomic E-state index is 13.4. The first-order valence-corrected chi connectivity index (χ1v) is 10.2. The summed E-state index contributed by atoms with van der Waals surface area (Å²) in [5.74, 6) is -0.535. The fourth-order valence-electron chi connectivity index (χ4n) is 3.79. The molecular weight excluding hydrogens is 461 g/mol. The Bertz CT molecular complexity index is 1410. The topological polar surface area (TPSA) is 137 Å². The van der Waals surface area contributed by atoms with E-state index in [1.165, 1.54) is 21.7 Å². The van der Waals surface area contributed by atoms with Gasteiger partial charge in [0.2, 0.25) is 17.8 Å². The highest BCUT2D eigenvalue weighted by Crippen LogP contribution is 2.43. The summed E-state index contributed by atoms with van der Waals surface area (Å²) < 4.78 is 41.6. The van der Waals surface area contributed by atoms with Gasteiger partial charge in [0, 0.05) is 11.4 Å². The Morgan fingerprint density at radius 2 is 1.89 bits per heavy atom. The van der Waals surface area contributed by atoms with Crippen molar-refractivity contribution in [3.8, 4) is 12.1 Å². The number of nitrogens with zero attached hydrogens (tertiary/aromatic N) is 6. The van der Waals surface area contributed by atoms with Gasteiger partial charge in [-0.1, -0.05) is 18.2 Å². The molecule has 0 fully saturated rings. The van der Waals surface area contributed by atoms with E-state index in [4.69, 9.17) is 11.0 Å². The standard InChI is InChI=1S/C23H17F3N8O/c1-13-18(11-28)20(15-7-5-14(10-27)6-8-15)34-22(31-21(32-34)30-12-19(29)35)33(13)17-4-2-3-16(9-17)23(24,25)26/h2-9,20H,12H2,1H3,(H2,29,35)(H,30,32)/t20-/m1/s1. The van der Waals surface area contributed by atoms with Crippen LogP contribution in [0.5, 0.6) is 0 Å². The molecule has 0 unspecified atom stereocenters. The molecule has 1 aromatic heterocycles. The van der Waals surface area contributed by atoms with Gasteiger partial charge >= 0.3 is 6.18 Å². The van der Waals surface area contributed by atoms with E-state index in [2.05, 4.69) is 21.5 Å². The van der Waals surface area contributed by atoms with E-state index in [0.29, 0.717) is 16.8 Å². The lowest BCUT2D eigenvalue weighted by Gasteiger charge is -2.34. The zero-order valence-electron chi connectivity index (χ0n) is 18.2. The molecule has 0 spiro atoms. The highest BCUT2D eigenvalue weighted by molar-refractivity contribution is 5.78. The van der Waals surface area contributed by atoms with Crippen LogP contribution in [0, 0.1) is 22.7 Å². The summed E-state index contributed by atoms with van der Waals surface area (Å²) in [5, 5.41) is 26.2. The molecule has 1 amide bonds. The Morgan fingerprint density at radius 3 is 2.49 bits per heavy atom. The molecular formula is C23H17F3N8O. The molecule has 3 aromatic rings. The van der Waals surface area contributed by atoms with Crippen molar-refractivity contribution < 1.29 is 18.0 Å². The van der Waals surface area contributed by atoms with Gasteiger partial charge in [-0.05, 0) is 42.8 Å². The van der Waals surface area contributed by atoms with E-state index in [-0.39, 0.29) is 29.7 Å². The minimum Gasteiger partial charge on any atom is -0.368 e. The Morgan fingerprint density at radius 1 is 1.17 bits per heavy atom. The summed E-state index contributed by atoms with van der Waals surface area (Å²) >= 11 is 0. The second-order valence-corrected chi connectivity index (χ2v) is 7.63. The first kappa shape index (κ1) is 23.3. The van der Waals surface area contributed by atoms with Gasteiger partial charge in [-0.25, -0.2) is 4.68 Å². The number of halogens is 3. The molecule has 176 valence electrons. The number of nitrogens with one attached hydrogen (secondary N) is 1. The smallest absolute Gasteiger partial charge is 0.368 e. The molecule has 4 rings (SSSR count). The number of allylic oxidation sites excluding steroid dienone is 2. The van der Waals surface area contributed by atoms with Gasteiger partial charge in [-0.2, -0.15) is 28.7 Å². The second kappa shape index (κ2) is 8.83. The number of fused-ring (bicyclic) bond motifs is 1. The quantitative estimate of drug-likeness (QED) is 0.572. The number of carbonyl (C=O) groups excluding carboxylic acids is 1. The lowest BCUT2D eigenvalue weighted by Crippen LogP contribution is -2.31. The van der Waals surface area contributed by atoms with Gasteiger partial charge in [0.25, 0.3) is 0 Å². The van der Waals surface area contributed by atoms with Gasteiger partial charge in [0.15, 0.2) is 0 Å². The van der Waals surface area contributed by atoms with Gasteiger partial charge in [-0.15, -0.1) is 5.10 Å². The fraction of sp³-hybridized carbons (Fsp3) is 0.174. The van der Waals surface area contributed by atoms with Crippen LogP contribution in [0.15, 0.2) is 59.8 Å². The molecule has 0 radical (unpaired) electrons. The van der Waals surface area contributed by atoms with Crippen molar-refractivity contribution in [3.63, 3.8) is 0 Å². The first-order valence-electron chi connectivity index (χ1n) is 10.2. The number of nitrogens with two attached hydrogens (primary N) is 1. The van der Waals surface area contributed by atoms with Crippen molar-refractivity contribution in [1.82, 2.24) is 14.8 Å². The first-order chi connectivity index (χ1) is 16.6. The van der Waals surface area contributed by atoms with Gasteiger partial charge in [-0.3, -0.25) is 9.69 Å². The number of nitriles is 2. The summed E-state index contributed by atoms with van der Waals surface area (Å²) in [7, 11) is 0. The predicted molar refractivity (Wildman–Crippen MR) is 119 cm³/mol. The fourth-order valence-corrected chi connectivity index (χ4v) is 3.79. The summed E-state index contributed by atoms with van der Waals surface area (Å²) in [5.41, 5.74) is 6.03. The maximum atomic E-state index is 13.4. The Labute approximate surface area is 197 Å². The summed E-state index contributed by atoms with van der Waals surface area (Å²) in [4.78, 5) is 17.0. The van der Waals surface area contributed by atoms with Crippen LogP contribution in [0.25, 0.3) is 0 Å². The summed E-state index contributed by atoms with van der Waals surface area (Å²) in [6.45, 7) is 1.33. The highest BCUT2D eigenvalue weighted by atomic mass is 19.4. The van der Waals surface area contributed by atoms with E-state index in [1.54, 1.807) is 31.2 Å². The normalized spacial score (nSPS) is 15.3. The van der Waals surface area contributed by atoms with Crippen molar-refractivity contribution in [2.45, 2.75) is 19.1 Å². The average molecular weight is 478 g/mol. The number of anilines is 3. The monoisotopic (exact) mass is 478 g/mol. The SMILES string of the molecule is CC1=C(C#N)[C@@H](c2ccc(C#N)cc2)n2nc(NCC(N)=O)nc2N1c1cccc(C(F)(F)F)c1. The van der Waals surface area contributed by atoms with Crippen LogP contribution >= 0.6 is 0 Å². The van der Waals surface area contributed by atoms with Crippen molar-refractivity contribution in [2.75, 3.05) is 16.8 Å². The number of primary amides is 1. The van der Waals surface area contributed by atoms with Crippen molar-refractivity contribution >= 4 is 23.5 Å². The molecule has 9 nitrogen and oxygen atoms in total. The molecule has 0 saturated heterocycles. The van der Waals surface area contributed by atoms with Gasteiger partial charge in [0.1, 0.15) is 6.04 Å². The minimum atomic E-state index is -4.58. The lowest BCUT2D eigenvalue weighted by molar-refractivity contribution is -0.137. The van der Waals surface area contributed by atoms with Crippen LogP contribution < -0.4 is 16.0 Å². The van der Waals surface area contributed by atoms with Crippen LogP contribution in [0.4, 0.5) is 30.8 Å². The highest BCUT2D eigenvalue weighted by Gasteiger charge is 2.37. The van der Waals surface area contributed by atoms with E-state index in [1.807, 2.05) is 6.07 Å². The number of benzene rings is 2. The second-order valence-electron chi connectivity index (χ2n) is 7.63. The third-order valence-corrected chi connectivity index (χ3v) is 5.38. The number of amides is 1. The number of aromatic nitrogens is 3. The molecule has 35 heavy (non-hydrogen) atoms. The average Bonchev–Trinajstić information content (AvgIpc) is 3.25. The van der Waals surface area contributed by atoms with E-state index in [0.717, 1.165) is 12.1 Å². The van der Waals surface area contributed by atoms with Crippen LogP contribution in [0.3, 0.4) is 0 Å². The molecule has 2 heterocycles. The van der Waals surface area contributed by atoms with E-state index >= 15 is 0 Å². The Balaban J connectivity index is 1.92. The molecule has 3 N–H and O–H groups in total. The largest absolute Gasteiger partial charge is 0.416 e.